The standard InChI is InChI=1S/C12H18BrNO/c1-3-4-5-6-9-15-12-8-7-11(13)10(2)14-12/h7-8H,3-6,9H2,1-2H3. The third-order valence-electron chi connectivity index (χ3n) is 2.24. The maximum atomic E-state index is 5.56. The highest BCUT2D eigenvalue weighted by Gasteiger charge is 1.99. The van der Waals surface area contributed by atoms with Crippen LogP contribution >= 0.6 is 15.9 Å². The number of ether oxygens (including phenoxy) is 1. The van der Waals surface area contributed by atoms with Crippen molar-refractivity contribution in [2.24, 2.45) is 0 Å². The van der Waals surface area contributed by atoms with Crippen molar-refractivity contribution in [2.75, 3.05) is 6.61 Å². The summed E-state index contributed by atoms with van der Waals surface area (Å²) in [7, 11) is 0. The first kappa shape index (κ1) is 12.5. The summed E-state index contributed by atoms with van der Waals surface area (Å²) >= 11 is 3.41. The smallest absolute Gasteiger partial charge is 0.213 e. The maximum Gasteiger partial charge on any atom is 0.213 e. The van der Waals surface area contributed by atoms with Gasteiger partial charge in [0.15, 0.2) is 0 Å². The number of hydrogen-bond donors (Lipinski definition) is 0. The van der Waals surface area contributed by atoms with Gasteiger partial charge in [0.05, 0.1) is 12.3 Å². The molecule has 0 aromatic carbocycles. The van der Waals surface area contributed by atoms with Gasteiger partial charge in [-0.3, -0.25) is 0 Å². The van der Waals surface area contributed by atoms with Crippen LogP contribution in [0, 0.1) is 6.92 Å². The summed E-state index contributed by atoms with van der Waals surface area (Å²) in [6, 6.07) is 3.88. The molecule has 0 atom stereocenters. The summed E-state index contributed by atoms with van der Waals surface area (Å²) in [5.41, 5.74) is 0.973. The van der Waals surface area contributed by atoms with Gasteiger partial charge in [0.1, 0.15) is 0 Å². The molecule has 0 bridgehead atoms. The third kappa shape index (κ3) is 4.65. The number of unbranched alkanes of at least 4 members (excludes halogenated alkanes) is 3. The molecule has 0 saturated carbocycles. The van der Waals surface area contributed by atoms with Crippen molar-refractivity contribution in [2.45, 2.75) is 39.5 Å². The second-order valence-corrected chi connectivity index (χ2v) is 4.48. The van der Waals surface area contributed by atoms with E-state index in [1.54, 1.807) is 0 Å². The SMILES string of the molecule is CCCCCCOc1ccc(Br)c(C)n1. The second kappa shape index (κ2) is 6.83. The van der Waals surface area contributed by atoms with Gasteiger partial charge in [-0.05, 0) is 35.3 Å². The fraction of sp³-hybridized carbons (Fsp3) is 0.583. The highest BCUT2D eigenvalue weighted by Crippen LogP contribution is 2.17. The molecule has 1 rings (SSSR count). The molecule has 84 valence electrons. The molecule has 0 spiro atoms. The van der Waals surface area contributed by atoms with Crippen molar-refractivity contribution in [3.05, 3.63) is 22.3 Å². The predicted molar refractivity (Wildman–Crippen MR) is 66.3 cm³/mol. The highest BCUT2D eigenvalue weighted by atomic mass is 79.9. The van der Waals surface area contributed by atoms with E-state index in [1.807, 2.05) is 19.1 Å². The minimum absolute atomic E-state index is 0.729. The van der Waals surface area contributed by atoms with E-state index in [4.69, 9.17) is 4.74 Å². The van der Waals surface area contributed by atoms with Crippen molar-refractivity contribution in [1.82, 2.24) is 4.98 Å². The molecule has 0 aliphatic heterocycles. The lowest BCUT2D eigenvalue weighted by Gasteiger charge is -2.06. The van der Waals surface area contributed by atoms with Gasteiger partial charge < -0.3 is 4.74 Å². The molecule has 2 nitrogen and oxygen atoms in total. The van der Waals surface area contributed by atoms with Gasteiger partial charge in [0.25, 0.3) is 0 Å². The van der Waals surface area contributed by atoms with E-state index in [0.717, 1.165) is 29.1 Å². The third-order valence-corrected chi connectivity index (χ3v) is 3.08. The number of halogens is 1. The van der Waals surface area contributed by atoms with E-state index < -0.39 is 0 Å². The van der Waals surface area contributed by atoms with E-state index in [9.17, 15) is 0 Å². The Morgan fingerprint density at radius 3 is 2.73 bits per heavy atom. The molecule has 0 aliphatic rings. The molecule has 0 N–H and O–H groups in total. The summed E-state index contributed by atoms with van der Waals surface area (Å²) < 4.78 is 6.58. The first-order valence-corrected chi connectivity index (χ1v) is 6.29. The Labute approximate surface area is 100 Å². The van der Waals surface area contributed by atoms with Gasteiger partial charge in [0, 0.05) is 10.5 Å². The zero-order valence-electron chi connectivity index (χ0n) is 9.42. The summed E-state index contributed by atoms with van der Waals surface area (Å²) in [4.78, 5) is 4.32. The average Bonchev–Trinajstić information content (AvgIpc) is 2.23. The molecule has 0 amide bonds. The zero-order valence-corrected chi connectivity index (χ0v) is 11.0. The molecular weight excluding hydrogens is 254 g/mol. The predicted octanol–water partition coefficient (Wildman–Crippen LogP) is 4.11. The summed E-state index contributed by atoms with van der Waals surface area (Å²) in [6.45, 7) is 4.95. The fourth-order valence-electron chi connectivity index (χ4n) is 1.31. The maximum absolute atomic E-state index is 5.56. The van der Waals surface area contributed by atoms with Crippen molar-refractivity contribution >= 4 is 15.9 Å². The molecule has 0 aliphatic carbocycles. The van der Waals surface area contributed by atoms with Gasteiger partial charge in [-0.15, -0.1) is 0 Å². The van der Waals surface area contributed by atoms with Crippen LogP contribution in [0.2, 0.25) is 0 Å². The first-order chi connectivity index (χ1) is 7.24. The zero-order chi connectivity index (χ0) is 11.1. The Morgan fingerprint density at radius 2 is 2.07 bits per heavy atom. The summed E-state index contributed by atoms with van der Waals surface area (Å²) in [5.74, 6) is 0.729. The van der Waals surface area contributed by atoms with Crippen LogP contribution in [0.15, 0.2) is 16.6 Å². The lowest BCUT2D eigenvalue weighted by atomic mass is 10.2. The Balaban J connectivity index is 2.28. The van der Waals surface area contributed by atoms with Gasteiger partial charge in [-0.2, -0.15) is 0 Å². The molecule has 1 aromatic heterocycles. The molecule has 15 heavy (non-hydrogen) atoms. The van der Waals surface area contributed by atoms with Crippen LogP contribution in [0.25, 0.3) is 0 Å². The Bertz CT molecular complexity index is 302. The summed E-state index contributed by atoms with van der Waals surface area (Å²) in [5, 5.41) is 0. The number of aryl methyl sites for hydroxylation is 1. The van der Waals surface area contributed by atoms with Gasteiger partial charge in [-0.25, -0.2) is 4.98 Å². The number of hydrogen-bond acceptors (Lipinski definition) is 2. The average molecular weight is 272 g/mol. The van der Waals surface area contributed by atoms with E-state index in [0.29, 0.717) is 0 Å². The molecule has 0 radical (unpaired) electrons. The minimum Gasteiger partial charge on any atom is -0.478 e. The molecule has 1 aromatic rings. The van der Waals surface area contributed by atoms with Crippen LogP contribution in [0.4, 0.5) is 0 Å². The molecule has 3 heteroatoms. The molecule has 0 unspecified atom stereocenters. The fourth-order valence-corrected chi connectivity index (χ4v) is 1.53. The van der Waals surface area contributed by atoms with Crippen molar-refractivity contribution in [1.29, 1.82) is 0 Å². The topological polar surface area (TPSA) is 22.1 Å². The number of aromatic nitrogens is 1. The van der Waals surface area contributed by atoms with E-state index in [-0.39, 0.29) is 0 Å². The van der Waals surface area contributed by atoms with Crippen molar-refractivity contribution in [3.8, 4) is 5.88 Å². The van der Waals surface area contributed by atoms with Crippen LogP contribution in [0.5, 0.6) is 5.88 Å². The Kier molecular flexibility index (Phi) is 5.69. The number of pyridine rings is 1. The normalized spacial score (nSPS) is 10.3. The summed E-state index contributed by atoms with van der Waals surface area (Å²) in [6.07, 6.45) is 4.91. The van der Waals surface area contributed by atoms with Crippen LogP contribution in [-0.4, -0.2) is 11.6 Å². The van der Waals surface area contributed by atoms with E-state index in [2.05, 4.69) is 27.8 Å². The van der Waals surface area contributed by atoms with Gasteiger partial charge in [0.2, 0.25) is 5.88 Å². The molecule has 1 heterocycles. The first-order valence-electron chi connectivity index (χ1n) is 5.50. The largest absolute Gasteiger partial charge is 0.478 e. The van der Waals surface area contributed by atoms with Gasteiger partial charge in [-0.1, -0.05) is 26.2 Å². The lowest BCUT2D eigenvalue weighted by Crippen LogP contribution is -1.99. The molecule has 0 saturated heterocycles. The molecular formula is C12H18BrNO. The Morgan fingerprint density at radius 1 is 1.27 bits per heavy atom. The quantitative estimate of drug-likeness (QED) is 0.727. The van der Waals surface area contributed by atoms with E-state index >= 15 is 0 Å². The minimum atomic E-state index is 0.729. The van der Waals surface area contributed by atoms with Crippen molar-refractivity contribution < 1.29 is 4.74 Å². The highest BCUT2D eigenvalue weighted by molar-refractivity contribution is 9.10. The van der Waals surface area contributed by atoms with Crippen LogP contribution < -0.4 is 4.74 Å². The van der Waals surface area contributed by atoms with Crippen molar-refractivity contribution in [3.63, 3.8) is 0 Å². The van der Waals surface area contributed by atoms with Crippen LogP contribution in [0.1, 0.15) is 38.3 Å². The lowest BCUT2D eigenvalue weighted by molar-refractivity contribution is 0.293. The monoisotopic (exact) mass is 271 g/mol. The Hall–Kier alpha value is -0.570. The second-order valence-electron chi connectivity index (χ2n) is 3.63. The number of nitrogens with zero attached hydrogens (tertiary/aromatic N) is 1. The van der Waals surface area contributed by atoms with Crippen LogP contribution in [0.3, 0.4) is 0 Å². The van der Waals surface area contributed by atoms with E-state index in [1.165, 1.54) is 19.3 Å². The van der Waals surface area contributed by atoms with Crippen LogP contribution in [-0.2, 0) is 0 Å². The number of rotatable bonds is 6. The van der Waals surface area contributed by atoms with Gasteiger partial charge >= 0.3 is 0 Å². The molecule has 0 fully saturated rings.